The monoisotopic (exact) mass is 204 g/mol. The molecule has 1 atom stereocenters. The van der Waals surface area contributed by atoms with E-state index in [1.165, 1.54) is 5.69 Å². The summed E-state index contributed by atoms with van der Waals surface area (Å²) in [4.78, 5) is 0. The first kappa shape index (κ1) is 10.1. The lowest BCUT2D eigenvalue weighted by atomic mass is 10.2. The molecule has 0 saturated heterocycles. The van der Waals surface area contributed by atoms with Crippen LogP contribution >= 0.6 is 0 Å². The van der Waals surface area contributed by atoms with E-state index in [0.717, 1.165) is 12.3 Å². The van der Waals surface area contributed by atoms with Crippen LogP contribution in [0.3, 0.4) is 0 Å². The van der Waals surface area contributed by atoms with E-state index in [2.05, 4.69) is 42.2 Å². The Kier molecular flexibility index (Phi) is 2.92. The van der Waals surface area contributed by atoms with Gasteiger partial charge in [-0.05, 0) is 31.2 Å². The lowest BCUT2D eigenvalue weighted by Crippen LogP contribution is -2.18. The highest BCUT2D eigenvalue weighted by Crippen LogP contribution is 2.13. The maximum Gasteiger partial charge on any atom is 0.120 e. The van der Waals surface area contributed by atoms with E-state index in [1.807, 2.05) is 12.1 Å². The van der Waals surface area contributed by atoms with E-state index < -0.39 is 0 Å². The van der Waals surface area contributed by atoms with Crippen LogP contribution in [-0.4, -0.2) is 4.57 Å². The van der Waals surface area contributed by atoms with E-state index in [4.69, 9.17) is 4.42 Å². The van der Waals surface area contributed by atoms with Gasteiger partial charge < -0.3 is 14.3 Å². The average molecular weight is 204 g/mol. The zero-order valence-corrected chi connectivity index (χ0v) is 9.10. The standard InChI is InChI=1S/C12H16N2O/c1-10(12-6-4-8-15-12)13-9-11-5-3-7-14(11)2/h3-8,10,13H,9H2,1-2H3. The second kappa shape index (κ2) is 4.36. The lowest BCUT2D eigenvalue weighted by Gasteiger charge is -2.11. The van der Waals surface area contributed by atoms with Gasteiger partial charge in [-0.15, -0.1) is 0 Å². The average Bonchev–Trinajstić information content (AvgIpc) is 2.85. The fraction of sp³-hybridized carbons (Fsp3) is 0.333. The van der Waals surface area contributed by atoms with E-state index in [1.54, 1.807) is 6.26 Å². The largest absolute Gasteiger partial charge is 0.468 e. The maximum absolute atomic E-state index is 5.33. The zero-order valence-electron chi connectivity index (χ0n) is 9.10. The molecular formula is C12H16N2O. The first-order valence-electron chi connectivity index (χ1n) is 5.14. The summed E-state index contributed by atoms with van der Waals surface area (Å²) in [5.74, 6) is 0.976. The Morgan fingerprint density at radius 2 is 2.27 bits per heavy atom. The van der Waals surface area contributed by atoms with Crippen LogP contribution in [0.15, 0.2) is 41.1 Å². The Morgan fingerprint density at radius 1 is 1.40 bits per heavy atom. The fourth-order valence-corrected chi connectivity index (χ4v) is 1.58. The van der Waals surface area contributed by atoms with Crippen LogP contribution in [0.5, 0.6) is 0 Å². The molecule has 2 aromatic heterocycles. The summed E-state index contributed by atoms with van der Waals surface area (Å²) >= 11 is 0. The summed E-state index contributed by atoms with van der Waals surface area (Å²) in [6.07, 6.45) is 3.75. The fourth-order valence-electron chi connectivity index (χ4n) is 1.58. The van der Waals surface area contributed by atoms with Crippen molar-refractivity contribution in [1.29, 1.82) is 0 Å². The number of aromatic nitrogens is 1. The number of nitrogens with one attached hydrogen (secondary N) is 1. The van der Waals surface area contributed by atoms with Crippen LogP contribution in [0.25, 0.3) is 0 Å². The van der Waals surface area contributed by atoms with Crippen molar-refractivity contribution < 1.29 is 4.42 Å². The van der Waals surface area contributed by atoms with E-state index in [0.29, 0.717) is 0 Å². The summed E-state index contributed by atoms with van der Waals surface area (Å²) in [7, 11) is 2.05. The predicted octanol–water partition coefficient (Wildman–Crippen LogP) is 2.47. The zero-order chi connectivity index (χ0) is 10.7. The number of rotatable bonds is 4. The summed E-state index contributed by atoms with van der Waals surface area (Å²) in [5, 5.41) is 3.41. The minimum atomic E-state index is 0.245. The number of hydrogen-bond donors (Lipinski definition) is 1. The second-order valence-electron chi connectivity index (χ2n) is 3.73. The highest BCUT2D eigenvalue weighted by molar-refractivity contribution is 5.08. The Hall–Kier alpha value is -1.48. The van der Waals surface area contributed by atoms with Crippen molar-refractivity contribution >= 4 is 0 Å². The van der Waals surface area contributed by atoms with E-state index in [-0.39, 0.29) is 6.04 Å². The smallest absolute Gasteiger partial charge is 0.120 e. The van der Waals surface area contributed by atoms with Gasteiger partial charge in [0.25, 0.3) is 0 Å². The molecule has 0 amide bonds. The third-order valence-electron chi connectivity index (χ3n) is 2.61. The molecule has 2 heterocycles. The molecule has 1 unspecified atom stereocenters. The summed E-state index contributed by atoms with van der Waals surface area (Å²) in [6, 6.07) is 8.31. The summed E-state index contributed by atoms with van der Waals surface area (Å²) < 4.78 is 7.44. The molecule has 80 valence electrons. The summed E-state index contributed by atoms with van der Waals surface area (Å²) in [6.45, 7) is 2.95. The first-order chi connectivity index (χ1) is 7.27. The van der Waals surface area contributed by atoms with Gasteiger partial charge in [-0.2, -0.15) is 0 Å². The lowest BCUT2D eigenvalue weighted by molar-refractivity contribution is 0.427. The van der Waals surface area contributed by atoms with E-state index in [9.17, 15) is 0 Å². The van der Waals surface area contributed by atoms with Crippen LogP contribution in [0.2, 0.25) is 0 Å². The van der Waals surface area contributed by atoms with Gasteiger partial charge in [-0.1, -0.05) is 0 Å². The SMILES string of the molecule is CC(NCc1cccn1C)c1ccco1. The van der Waals surface area contributed by atoms with Gasteiger partial charge in [0.1, 0.15) is 5.76 Å². The molecular weight excluding hydrogens is 188 g/mol. The van der Waals surface area contributed by atoms with Gasteiger partial charge in [0.05, 0.1) is 12.3 Å². The van der Waals surface area contributed by atoms with Crippen LogP contribution in [-0.2, 0) is 13.6 Å². The quantitative estimate of drug-likeness (QED) is 0.829. The molecule has 0 aromatic carbocycles. The van der Waals surface area contributed by atoms with Gasteiger partial charge in [0, 0.05) is 25.5 Å². The maximum atomic E-state index is 5.33. The van der Waals surface area contributed by atoms with Gasteiger partial charge >= 0.3 is 0 Å². The topological polar surface area (TPSA) is 30.1 Å². The minimum Gasteiger partial charge on any atom is -0.468 e. The molecule has 0 aliphatic heterocycles. The van der Waals surface area contributed by atoms with Crippen molar-refractivity contribution in [2.45, 2.75) is 19.5 Å². The molecule has 1 N–H and O–H groups in total. The Morgan fingerprint density at radius 3 is 2.87 bits per heavy atom. The van der Waals surface area contributed by atoms with Gasteiger partial charge in [0.15, 0.2) is 0 Å². The summed E-state index contributed by atoms with van der Waals surface area (Å²) in [5.41, 5.74) is 1.27. The molecule has 0 fully saturated rings. The molecule has 0 bridgehead atoms. The Labute approximate surface area is 89.7 Å². The highest BCUT2D eigenvalue weighted by Gasteiger charge is 2.07. The molecule has 0 aliphatic carbocycles. The molecule has 0 aliphatic rings. The van der Waals surface area contributed by atoms with Gasteiger partial charge in [0.2, 0.25) is 0 Å². The van der Waals surface area contributed by atoms with Crippen molar-refractivity contribution in [1.82, 2.24) is 9.88 Å². The minimum absolute atomic E-state index is 0.245. The molecule has 0 spiro atoms. The number of nitrogens with zero attached hydrogens (tertiary/aromatic N) is 1. The van der Waals surface area contributed by atoms with Crippen LogP contribution < -0.4 is 5.32 Å². The number of furan rings is 1. The van der Waals surface area contributed by atoms with E-state index >= 15 is 0 Å². The van der Waals surface area contributed by atoms with Crippen molar-refractivity contribution in [3.8, 4) is 0 Å². The Bertz CT molecular complexity index is 403. The van der Waals surface area contributed by atoms with Gasteiger partial charge in [-0.25, -0.2) is 0 Å². The molecule has 0 saturated carbocycles. The van der Waals surface area contributed by atoms with Crippen molar-refractivity contribution in [2.24, 2.45) is 7.05 Å². The van der Waals surface area contributed by atoms with Crippen LogP contribution in [0.4, 0.5) is 0 Å². The predicted molar refractivity (Wildman–Crippen MR) is 59.4 cm³/mol. The molecule has 15 heavy (non-hydrogen) atoms. The number of hydrogen-bond acceptors (Lipinski definition) is 2. The van der Waals surface area contributed by atoms with Crippen LogP contribution in [0.1, 0.15) is 24.4 Å². The second-order valence-corrected chi connectivity index (χ2v) is 3.73. The number of aryl methyl sites for hydroxylation is 1. The van der Waals surface area contributed by atoms with Crippen molar-refractivity contribution in [3.05, 3.63) is 48.2 Å². The first-order valence-corrected chi connectivity index (χ1v) is 5.14. The normalized spacial score (nSPS) is 12.9. The third-order valence-corrected chi connectivity index (χ3v) is 2.61. The van der Waals surface area contributed by atoms with Crippen LogP contribution in [0, 0.1) is 0 Å². The third kappa shape index (κ3) is 2.30. The molecule has 3 nitrogen and oxygen atoms in total. The highest BCUT2D eigenvalue weighted by atomic mass is 16.3. The Balaban J connectivity index is 1.91. The molecule has 2 rings (SSSR count). The molecule has 2 aromatic rings. The van der Waals surface area contributed by atoms with Crippen molar-refractivity contribution in [3.63, 3.8) is 0 Å². The van der Waals surface area contributed by atoms with Crippen molar-refractivity contribution in [2.75, 3.05) is 0 Å². The molecule has 0 radical (unpaired) electrons. The molecule has 3 heteroatoms. The van der Waals surface area contributed by atoms with Gasteiger partial charge in [-0.3, -0.25) is 0 Å².